The lowest BCUT2D eigenvalue weighted by Crippen LogP contribution is -2.32. The smallest absolute Gasteiger partial charge is 0.277 e. The Bertz CT molecular complexity index is 879. The number of rotatable bonds is 6. The summed E-state index contributed by atoms with van der Waals surface area (Å²) in [4.78, 5) is 12.6. The number of benzene rings is 1. The first kappa shape index (κ1) is 17.5. The Morgan fingerprint density at radius 2 is 2.11 bits per heavy atom. The number of hydrogen-bond donors (Lipinski definition) is 2. The first-order chi connectivity index (χ1) is 13.3. The fourth-order valence-corrected chi connectivity index (χ4v) is 3.40. The van der Waals surface area contributed by atoms with Gasteiger partial charge in [-0.15, -0.1) is 0 Å². The third kappa shape index (κ3) is 4.25. The maximum absolute atomic E-state index is 12.6. The maximum atomic E-state index is 12.6. The van der Waals surface area contributed by atoms with Gasteiger partial charge in [0.15, 0.2) is 5.69 Å². The highest BCUT2D eigenvalue weighted by atomic mass is 16.2. The van der Waals surface area contributed by atoms with Crippen molar-refractivity contribution in [2.24, 2.45) is 0 Å². The largest absolute Gasteiger partial charge is 0.315 e. The predicted molar refractivity (Wildman–Crippen MR) is 104 cm³/mol. The average molecular weight is 364 g/mol. The summed E-state index contributed by atoms with van der Waals surface area (Å²) in [6, 6.07) is 14.1. The van der Waals surface area contributed by atoms with E-state index >= 15 is 0 Å². The number of carbonyl (C=O) groups excluding carboxylic acids is 1. The van der Waals surface area contributed by atoms with E-state index in [1.165, 1.54) is 5.56 Å². The predicted octanol–water partition coefficient (Wildman–Crippen LogP) is 2.50. The van der Waals surface area contributed by atoms with Gasteiger partial charge < -0.3 is 10.6 Å². The normalized spacial score (nSPS) is 17.0. The van der Waals surface area contributed by atoms with Crippen molar-refractivity contribution in [1.29, 1.82) is 0 Å². The summed E-state index contributed by atoms with van der Waals surface area (Å²) in [7, 11) is 0. The van der Waals surface area contributed by atoms with Crippen LogP contribution >= 0.6 is 0 Å². The second kappa shape index (κ2) is 8.18. The Balaban J connectivity index is 1.38. The van der Waals surface area contributed by atoms with Gasteiger partial charge in [-0.05, 0) is 37.4 Å². The summed E-state index contributed by atoms with van der Waals surface area (Å²) >= 11 is 0. The number of amides is 1. The van der Waals surface area contributed by atoms with Crippen molar-refractivity contribution in [3.8, 4) is 0 Å². The number of nitrogens with zero attached hydrogens (tertiary/aromatic N) is 4. The van der Waals surface area contributed by atoms with Gasteiger partial charge in [0, 0.05) is 25.4 Å². The number of anilines is 1. The molecule has 0 spiro atoms. The minimum absolute atomic E-state index is 0.209. The topological polar surface area (TPSA) is 76.8 Å². The van der Waals surface area contributed by atoms with Crippen LogP contribution in [0.5, 0.6) is 0 Å². The zero-order valence-electron chi connectivity index (χ0n) is 15.2. The highest BCUT2D eigenvalue weighted by Gasteiger charge is 2.18. The van der Waals surface area contributed by atoms with Crippen LogP contribution in [0.4, 0.5) is 5.82 Å². The number of carbonyl (C=O) groups is 1. The second-order valence-corrected chi connectivity index (χ2v) is 6.81. The zero-order chi connectivity index (χ0) is 18.5. The number of hydrogen-bond acceptors (Lipinski definition) is 4. The molecule has 4 rings (SSSR count). The summed E-state index contributed by atoms with van der Waals surface area (Å²) in [5.74, 6) is 0.476. The third-order valence-electron chi connectivity index (χ3n) is 4.90. The number of aryl methyl sites for hydroxylation is 2. The molecule has 1 amide bonds. The van der Waals surface area contributed by atoms with E-state index in [0.29, 0.717) is 24.1 Å². The summed E-state index contributed by atoms with van der Waals surface area (Å²) in [5.41, 5.74) is 1.67. The Kier molecular flexibility index (Phi) is 5.29. The molecular weight excluding hydrogens is 340 g/mol. The van der Waals surface area contributed by atoms with Crippen LogP contribution in [0.2, 0.25) is 0 Å². The molecule has 2 N–H and O–H groups in total. The summed E-state index contributed by atoms with van der Waals surface area (Å²) < 4.78 is 3.71. The van der Waals surface area contributed by atoms with Gasteiger partial charge in [0.2, 0.25) is 0 Å². The molecule has 2 aromatic heterocycles. The van der Waals surface area contributed by atoms with Crippen molar-refractivity contribution in [1.82, 2.24) is 24.9 Å². The molecule has 0 bridgehead atoms. The highest BCUT2D eigenvalue weighted by Crippen LogP contribution is 2.16. The van der Waals surface area contributed by atoms with Gasteiger partial charge in [-0.2, -0.15) is 10.2 Å². The quantitative estimate of drug-likeness (QED) is 0.705. The first-order valence-electron chi connectivity index (χ1n) is 9.42. The average Bonchev–Trinajstić information content (AvgIpc) is 3.38. The number of piperidine rings is 1. The molecule has 1 atom stereocenters. The monoisotopic (exact) mass is 364 g/mol. The first-order valence-corrected chi connectivity index (χ1v) is 9.42. The third-order valence-corrected chi connectivity index (χ3v) is 4.90. The lowest BCUT2D eigenvalue weighted by molar-refractivity contribution is 0.102. The van der Waals surface area contributed by atoms with E-state index < -0.39 is 0 Å². The zero-order valence-corrected chi connectivity index (χ0v) is 15.2. The van der Waals surface area contributed by atoms with Crippen molar-refractivity contribution in [3.05, 3.63) is 66.1 Å². The van der Waals surface area contributed by atoms with E-state index in [-0.39, 0.29) is 5.91 Å². The lowest BCUT2D eigenvalue weighted by atomic mass is 10.1. The highest BCUT2D eigenvalue weighted by molar-refractivity contribution is 6.02. The molecule has 1 unspecified atom stereocenters. The summed E-state index contributed by atoms with van der Waals surface area (Å²) in [6.07, 6.45) is 6.66. The molecule has 1 fully saturated rings. The van der Waals surface area contributed by atoms with Gasteiger partial charge >= 0.3 is 0 Å². The van der Waals surface area contributed by atoms with Gasteiger partial charge in [0.25, 0.3) is 5.91 Å². The minimum atomic E-state index is -0.209. The van der Waals surface area contributed by atoms with Crippen LogP contribution in [0, 0.1) is 0 Å². The fraction of sp³-hybridized carbons (Fsp3) is 0.350. The van der Waals surface area contributed by atoms with Crippen LogP contribution in [0.1, 0.15) is 34.9 Å². The van der Waals surface area contributed by atoms with E-state index in [0.717, 1.165) is 32.4 Å². The molecule has 3 aromatic rings. The second-order valence-electron chi connectivity index (χ2n) is 6.81. The number of nitrogens with one attached hydrogen (secondary N) is 2. The van der Waals surface area contributed by atoms with Gasteiger partial charge in [-0.3, -0.25) is 9.48 Å². The molecule has 0 radical (unpaired) electrons. The number of aromatic nitrogens is 4. The van der Waals surface area contributed by atoms with Crippen molar-refractivity contribution < 1.29 is 4.79 Å². The Labute approximate surface area is 158 Å². The van der Waals surface area contributed by atoms with Gasteiger partial charge in [0.1, 0.15) is 5.82 Å². The molecule has 0 saturated carbocycles. The molecule has 7 nitrogen and oxygen atoms in total. The van der Waals surface area contributed by atoms with Crippen molar-refractivity contribution in [3.63, 3.8) is 0 Å². The molecule has 7 heteroatoms. The lowest BCUT2D eigenvalue weighted by Gasteiger charge is -2.22. The molecule has 1 aliphatic heterocycles. The molecule has 27 heavy (non-hydrogen) atoms. The Hall–Kier alpha value is -2.93. The van der Waals surface area contributed by atoms with E-state index in [4.69, 9.17) is 0 Å². The fourth-order valence-electron chi connectivity index (χ4n) is 3.40. The molecule has 1 aliphatic rings. The van der Waals surface area contributed by atoms with E-state index in [1.807, 2.05) is 39.8 Å². The summed E-state index contributed by atoms with van der Waals surface area (Å²) in [5, 5.41) is 15.1. The van der Waals surface area contributed by atoms with Crippen molar-refractivity contribution in [2.75, 3.05) is 18.4 Å². The molecular formula is C20H24N6O. The van der Waals surface area contributed by atoms with Gasteiger partial charge in [-0.1, -0.05) is 30.3 Å². The summed E-state index contributed by atoms with van der Waals surface area (Å²) in [6.45, 7) is 2.65. The SMILES string of the molecule is O=C(Nc1ccnn1CCc1ccccc1)c1ccn(C2CCCNC2)n1. The molecule has 140 valence electrons. The van der Waals surface area contributed by atoms with Crippen LogP contribution in [-0.4, -0.2) is 38.6 Å². The molecule has 1 saturated heterocycles. The van der Waals surface area contributed by atoms with Crippen LogP contribution in [0.15, 0.2) is 54.9 Å². The van der Waals surface area contributed by atoms with Crippen LogP contribution in [0.25, 0.3) is 0 Å². The molecule has 0 aliphatic carbocycles. The van der Waals surface area contributed by atoms with E-state index in [9.17, 15) is 4.79 Å². The van der Waals surface area contributed by atoms with Gasteiger partial charge in [-0.25, -0.2) is 4.68 Å². The van der Waals surface area contributed by atoms with E-state index in [2.05, 4.69) is 33.0 Å². The van der Waals surface area contributed by atoms with Crippen molar-refractivity contribution in [2.45, 2.75) is 31.8 Å². The standard InChI is InChI=1S/C20H24N6O/c27-20(18-10-14-25(24-18)17-7-4-11-21-15-17)23-19-8-12-22-26(19)13-9-16-5-2-1-3-6-16/h1-3,5-6,8,10,12,14,17,21H,4,7,9,11,13,15H2,(H,23,27). The Morgan fingerprint density at radius 1 is 1.22 bits per heavy atom. The van der Waals surface area contributed by atoms with Crippen LogP contribution in [0.3, 0.4) is 0 Å². The maximum Gasteiger partial charge on any atom is 0.277 e. The van der Waals surface area contributed by atoms with E-state index in [1.54, 1.807) is 12.3 Å². The minimum Gasteiger partial charge on any atom is -0.315 e. The van der Waals surface area contributed by atoms with Crippen LogP contribution < -0.4 is 10.6 Å². The Morgan fingerprint density at radius 3 is 2.93 bits per heavy atom. The van der Waals surface area contributed by atoms with Crippen LogP contribution in [-0.2, 0) is 13.0 Å². The van der Waals surface area contributed by atoms with Crippen molar-refractivity contribution >= 4 is 11.7 Å². The molecule has 3 heterocycles. The van der Waals surface area contributed by atoms with Gasteiger partial charge in [0.05, 0.1) is 12.2 Å². The molecule has 1 aromatic carbocycles.